The number of aliphatic hydroxyl groups is 1. The van der Waals surface area contributed by atoms with E-state index in [9.17, 15) is 20.0 Å². The Bertz CT molecular complexity index is 864. The van der Waals surface area contributed by atoms with Crippen molar-refractivity contribution in [3.05, 3.63) is 74.8 Å². The molecule has 0 spiro atoms. The predicted molar refractivity (Wildman–Crippen MR) is 92.3 cm³/mol. The molecule has 25 heavy (non-hydrogen) atoms. The molecule has 2 aromatic rings. The van der Waals surface area contributed by atoms with Crippen LogP contribution in [0.3, 0.4) is 0 Å². The highest BCUT2D eigenvalue weighted by Crippen LogP contribution is 2.36. The van der Waals surface area contributed by atoms with Crippen molar-refractivity contribution in [1.29, 1.82) is 0 Å². The zero-order chi connectivity index (χ0) is 18.2. The summed E-state index contributed by atoms with van der Waals surface area (Å²) in [6.07, 6.45) is 0.160. The van der Waals surface area contributed by atoms with Gasteiger partial charge in [-0.25, -0.2) is 0 Å². The molecule has 1 atom stereocenters. The van der Waals surface area contributed by atoms with Crippen LogP contribution in [0.2, 0.25) is 5.02 Å². The van der Waals surface area contributed by atoms with Crippen LogP contribution in [-0.4, -0.2) is 26.7 Å². The van der Waals surface area contributed by atoms with Gasteiger partial charge in [-0.3, -0.25) is 14.9 Å². The molecule has 0 aliphatic carbocycles. The lowest BCUT2D eigenvalue weighted by Gasteiger charge is -2.31. The number of hydrazone groups is 1. The van der Waals surface area contributed by atoms with Crippen molar-refractivity contribution in [2.45, 2.75) is 19.1 Å². The lowest BCUT2D eigenvalue weighted by Crippen LogP contribution is -2.43. The van der Waals surface area contributed by atoms with Crippen LogP contribution in [0, 0.1) is 10.1 Å². The maximum absolute atomic E-state index is 12.8. The van der Waals surface area contributed by atoms with Crippen molar-refractivity contribution in [2.24, 2.45) is 5.10 Å². The third-order valence-electron chi connectivity index (χ3n) is 3.95. The molecule has 3 rings (SSSR count). The lowest BCUT2D eigenvalue weighted by molar-refractivity contribution is -0.384. The Kier molecular flexibility index (Phi) is 4.28. The minimum atomic E-state index is -1.63. The van der Waals surface area contributed by atoms with Gasteiger partial charge < -0.3 is 5.11 Å². The van der Waals surface area contributed by atoms with Gasteiger partial charge in [0, 0.05) is 40.4 Å². The Morgan fingerprint density at radius 1 is 1.24 bits per heavy atom. The second kappa shape index (κ2) is 6.27. The first-order chi connectivity index (χ1) is 11.8. The van der Waals surface area contributed by atoms with E-state index >= 15 is 0 Å². The van der Waals surface area contributed by atoms with Gasteiger partial charge in [-0.05, 0) is 31.2 Å². The minimum Gasteiger partial charge on any atom is -0.365 e. The fourth-order valence-corrected chi connectivity index (χ4v) is 2.85. The Morgan fingerprint density at radius 3 is 2.40 bits per heavy atom. The normalized spacial score (nSPS) is 19.6. The van der Waals surface area contributed by atoms with Crippen LogP contribution in [0.25, 0.3) is 0 Å². The Hall–Kier alpha value is -2.77. The number of nitrogens with zero attached hydrogens (tertiary/aromatic N) is 3. The summed E-state index contributed by atoms with van der Waals surface area (Å²) < 4.78 is 0. The zero-order valence-corrected chi connectivity index (χ0v) is 14.0. The molecule has 0 saturated heterocycles. The van der Waals surface area contributed by atoms with Crippen molar-refractivity contribution < 1.29 is 14.8 Å². The average molecular weight is 360 g/mol. The predicted octanol–water partition coefficient (Wildman–Crippen LogP) is 3.32. The summed E-state index contributed by atoms with van der Waals surface area (Å²) in [6.45, 7) is 1.71. The summed E-state index contributed by atoms with van der Waals surface area (Å²) >= 11 is 5.88. The van der Waals surface area contributed by atoms with E-state index in [0.717, 1.165) is 5.01 Å². The van der Waals surface area contributed by atoms with E-state index in [4.69, 9.17) is 11.6 Å². The fourth-order valence-electron chi connectivity index (χ4n) is 2.72. The molecule has 0 bridgehead atoms. The highest BCUT2D eigenvalue weighted by molar-refractivity contribution is 6.30. The summed E-state index contributed by atoms with van der Waals surface area (Å²) in [5.74, 6) is -0.552. The Balaban J connectivity index is 1.96. The summed E-state index contributed by atoms with van der Waals surface area (Å²) in [7, 11) is 0. The topological polar surface area (TPSA) is 96.0 Å². The molecule has 1 aliphatic rings. The smallest absolute Gasteiger partial charge is 0.276 e. The molecule has 1 amide bonds. The SMILES string of the molecule is CC1=NN(C(=O)c2ccc([N+](=O)[O-])cc2)[C@@](O)(c2ccc(Cl)cc2)C1. The van der Waals surface area contributed by atoms with Gasteiger partial charge in [0.05, 0.1) is 4.92 Å². The quantitative estimate of drug-likeness (QED) is 0.671. The van der Waals surface area contributed by atoms with Crippen molar-refractivity contribution in [2.75, 3.05) is 0 Å². The minimum absolute atomic E-state index is 0.120. The van der Waals surface area contributed by atoms with E-state index in [1.807, 2.05) is 0 Å². The maximum Gasteiger partial charge on any atom is 0.276 e. The molecule has 0 aromatic heterocycles. The maximum atomic E-state index is 12.8. The van der Waals surface area contributed by atoms with E-state index in [-0.39, 0.29) is 17.7 Å². The van der Waals surface area contributed by atoms with Crippen molar-refractivity contribution in [3.8, 4) is 0 Å². The average Bonchev–Trinajstić information content (AvgIpc) is 2.90. The molecule has 8 heteroatoms. The Labute approximate surface area is 148 Å². The molecule has 2 aromatic carbocycles. The van der Waals surface area contributed by atoms with E-state index < -0.39 is 16.6 Å². The van der Waals surface area contributed by atoms with Gasteiger partial charge in [-0.2, -0.15) is 10.1 Å². The van der Waals surface area contributed by atoms with Crippen LogP contribution in [0.4, 0.5) is 5.69 Å². The standard InChI is InChI=1S/C17H14ClN3O4/c1-11-10-17(23,13-4-6-14(18)7-5-13)20(19-11)16(22)12-2-8-15(9-3-12)21(24)25/h2-9,23H,10H2,1H3/t17-/m0/s1. The van der Waals surface area contributed by atoms with E-state index in [2.05, 4.69) is 5.10 Å². The molecule has 7 nitrogen and oxygen atoms in total. The number of rotatable bonds is 3. The van der Waals surface area contributed by atoms with Crippen molar-refractivity contribution >= 4 is 28.9 Å². The molecule has 0 fully saturated rings. The highest BCUT2D eigenvalue weighted by atomic mass is 35.5. The number of non-ortho nitro benzene ring substituents is 1. The van der Waals surface area contributed by atoms with Crippen molar-refractivity contribution in [1.82, 2.24) is 5.01 Å². The molecule has 1 heterocycles. The van der Waals surface area contributed by atoms with Crippen LogP contribution < -0.4 is 0 Å². The first kappa shape index (κ1) is 17.1. The van der Waals surface area contributed by atoms with Gasteiger partial charge in [-0.15, -0.1) is 0 Å². The van der Waals surface area contributed by atoms with Gasteiger partial charge >= 0.3 is 0 Å². The van der Waals surface area contributed by atoms with Crippen molar-refractivity contribution in [3.63, 3.8) is 0 Å². The number of carbonyl (C=O) groups excluding carboxylic acids is 1. The summed E-state index contributed by atoms with van der Waals surface area (Å²) in [6, 6.07) is 11.7. The molecule has 1 N–H and O–H groups in total. The summed E-state index contributed by atoms with van der Waals surface area (Å²) in [5, 5.41) is 27.5. The number of nitro benzene ring substituents is 1. The molecule has 0 radical (unpaired) electrons. The number of halogens is 1. The van der Waals surface area contributed by atoms with Crippen LogP contribution in [0.15, 0.2) is 53.6 Å². The van der Waals surface area contributed by atoms with Crippen LogP contribution >= 0.6 is 11.6 Å². The number of amides is 1. The lowest BCUT2D eigenvalue weighted by atomic mass is 9.97. The second-order valence-corrected chi connectivity index (χ2v) is 6.19. The third kappa shape index (κ3) is 3.11. The van der Waals surface area contributed by atoms with Gasteiger partial charge in [0.2, 0.25) is 0 Å². The largest absolute Gasteiger partial charge is 0.365 e. The molecule has 1 aliphatic heterocycles. The second-order valence-electron chi connectivity index (χ2n) is 5.76. The summed E-state index contributed by atoms with van der Waals surface area (Å²) in [4.78, 5) is 23.0. The first-order valence-corrected chi connectivity index (χ1v) is 7.80. The monoisotopic (exact) mass is 359 g/mol. The fraction of sp³-hybridized carbons (Fsp3) is 0.176. The van der Waals surface area contributed by atoms with E-state index in [1.54, 1.807) is 31.2 Å². The van der Waals surface area contributed by atoms with Crippen LogP contribution in [0.1, 0.15) is 29.3 Å². The number of hydrogen-bond acceptors (Lipinski definition) is 5. The van der Waals surface area contributed by atoms with E-state index in [0.29, 0.717) is 16.3 Å². The molecule has 0 unspecified atom stereocenters. The van der Waals surface area contributed by atoms with Gasteiger partial charge in [0.1, 0.15) is 0 Å². The van der Waals surface area contributed by atoms with Gasteiger partial charge in [0.25, 0.3) is 11.6 Å². The molecule has 0 saturated carbocycles. The first-order valence-electron chi connectivity index (χ1n) is 7.43. The highest BCUT2D eigenvalue weighted by Gasteiger charge is 2.45. The zero-order valence-electron chi connectivity index (χ0n) is 13.2. The van der Waals surface area contributed by atoms with Gasteiger partial charge in [0.15, 0.2) is 5.72 Å². The number of benzene rings is 2. The van der Waals surface area contributed by atoms with Crippen LogP contribution in [0.5, 0.6) is 0 Å². The molecular formula is C17H14ClN3O4. The van der Waals surface area contributed by atoms with Crippen LogP contribution in [-0.2, 0) is 5.72 Å². The Morgan fingerprint density at radius 2 is 1.84 bits per heavy atom. The van der Waals surface area contributed by atoms with Gasteiger partial charge in [-0.1, -0.05) is 23.7 Å². The number of hydrogen-bond donors (Lipinski definition) is 1. The number of carbonyl (C=O) groups is 1. The van der Waals surface area contributed by atoms with E-state index in [1.165, 1.54) is 24.3 Å². The number of nitro groups is 1. The summed E-state index contributed by atoms with van der Waals surface area (Å²) in [5.41, 5.74) is -0.490. The molecular weight excluding hydrogens is 346 g/mol. The third-order valence-corrected chi connectivity index (χ3v) is 4.20. The molecule has 128 valence electrons.